The molecule has 32 heavy (non-hydrogen) atoms. The van der Waals surface area contributed by atoms with Crippen molar-refractivity contribution < 1.29 is 26.4 Å². The Hall–Kier alpha value is -3.22. The maximum absolute atomic E-state index is 12.2. The fraction of sp³-hybridized carbons (Fsp3) is 0.368. The Morgan fingerprint density at radius 2 is 1.91 bits per heavy atom. The number of hydrogen-bond donors (Lipinski definition) is 2. The number of imidazole rings is 1. The molecule has 1 aliphatic rings. The van der Waals surface area contributed by atoms with Gasteiger partial charge in [-0.25, -0.2) is 18.4 Å². The van der Waals surface area contributed by atoms with Crippen LogP contribution in [0.2, 0.25) is 0 Å². The van der Waals surface area contributed by atoms with Crippen LogP contribution in [0.5, 0.6) is 0 Å². The van der Waals surface area contributed by atoms with Crippen LogP contribution >= 0.6 is 0 Å². The molecule has 1 saturated carbocycles. The normalized spacial score (nSPS) is 14.5. The van der Waals surface area contributed by atoms with Crippen LogP contribution in [-0.2, 0) is 14.8 Å². The zero-order valence-corrected chi connectivity index (χ0v) is 17.4. The lowest BCUT2D eigenvalue weighted by Crippen LogP contribution is -2.25. The van der Waals surface area contributed by atoms with E-state index in [1.165, 1.54) is 23.4 Å². The van der Waals surface area contributed by atoms with Gasteiger partial charge in [-0.1, -0.05) is 12.1 Å². The van der Waals surface area contributed by atoms with Gasteiger partial charge in [-0.05, 0) is 31.4 Å². The third-order valence-corrected chi connectivity index (χ3v) is 6.24. The summed E-state index contributed by atoms with van der Waals surface area (Å²) >= 11 is 0. The van der Waals surface area contributed by atoms with E-state index >= 15 is 0 Å². The molecule has 1 amide bonds. The summed E-state index contributed by atoms with van der Waals surface area (Å²) in [6.45, 7) is 0. The number of halogens is 3. The fourth-order valence-electron chi connectivity index (χ4n) is 3.18. The third-order valence-electron chi connectivity index (χ3n) is 4.86. The second-order valence-electron chi connectivity index (χ2n) is 7.43. The summed E-state index contributed by atoms with van der Waals surface area (Å²) in [6, 6.07) is 6.26. The van der Waals surface area contributed by atoms with E-state index in [0.29, 0.717) is 28.8 Å². The number of sulfonamides is 1. The molecule has 0 spiro atoms. The second-order valence-corrected chi connectivity index (χ2v) is 9.28. The zero-order chi connectivity index (χ0) is 22.9. The number of benzene rings is 1. The van der Waals surface area contributed by atoms with Crippen LogP contribution in [0, 0.1) is 0 Å². The number of aromatic nitrogens is 4. The Morgan fingerprint density at radius 3 is 2.53 bits per heavy atom. The molecule has 1 fully saturated rings. The first-order valence-electron chi connectivity index (χ1n) is 9.78. The van der Waals surface area contributed by atoms with Crippen molar-refractivity contribution >= 4 is 39.2 Å². The average Bonchev–Trinajstić information content (AvgIpc) is 3.43. The van der Waals surface area contributed by atoms with Crippen molar-refractivity contribution in [3.8, 4) is 11.3 Å². The van der Waals surface area contributed by atoms with Crippen LogP contribution in [0.25, 0.3) is 22.4 Å². The number of carbonyl (C=O) groups excluding carboxylic acids is 1. The topological polar surface area (TPSA) is 121 Å². The Morgan fingerprint density at radius 1 is 1.19 bits per heavy atom. The maximum Gasteiger partial charge on any atom is 0.389 e. The predicted molar refractivity (Wildman–Crippen MR) is 111 cm³/mol. The number of hydrogen-bond acceptors (Lipinski definition) is 6. The molecule has 4 rings (SSSR count). The molecule has 0 aliphatic heterocycles. The monoisotopic (exact) mass is 468 g/mol. The molecule has 0 saturated heterocycles. The summed E-state index contributed by atoms with van der Waals surface area (Å²) < 4.78 is 63.1. The first-order chi connectivity index (χ1) is 15.1. The van der Waals surface area contributed by atoms with Gasteiger partial charge < -0.3 is 4.98 Å². The number of aromatic amines is 1. The molecule has 9 nitrogen and oxygen atoms in total. The number of H-pyrrole nitrogens is 1. The number of rotatable bonds is 9. The highest BCUT2D eigenvalue weighted by atomic mass is 32.2. The van der Waals surface area contributed by atoms with E-state index in [9.17, 15) is 26.4 Å². The summed E-state index contributed by atoms with van der Waals surface area (Å²) in [5.74, 6) is -0.410. The van der Waals surface area contributed by atoms with Gasteiger partial charge in [-0.3, -0.25) is 14.4 Å². The summed E-state index contributed by atoms with van der Waals surface area (Å²) in [5, 5.41) is 0. The SMILES string of the molecule is O=CN(c1nc(-c2ccc(NS(=O)(=O)CCCC(F)(F)F)cc2)c2[nH]cnc2n1)C1CC1. The maximum atomic E-state index is 12.2. The standard InChI is InChI=1S/C19H19F3N6O3S/c20-19(21,22)8-1-9-32(30,31)27-13-4-2-12(3-5-13)15-16-17(24-10-23-16)26-18(25-15)28(11-29)14-6-7-14/h2-5,10-11,14,27H,1,6-9H2,(H,23,24,25,26). The van der Waals surface area contributed by atoms with Crippen molar-refractivity contribution in [3.05, 3.63) is 30.6 Å². The molecule has 0 radical (unpaired) electrons. The minimum absolute atomic E-state index is 0.0610. The van der Waals surface area contributed by atoms with Crippen LogP contribution in [-0.4, -0.2) is 52.7 Å². The van der Waals surface area contributed by atoms with Gasteiger partial charge in [-0.15, -0.1) is 0 Å². The molecule has 13 heteroatoms. The highest BCUT2D eigenvalue weighted by molar-refractivity contribution is 7.92. The van der Waals surface area contributed by atoms with Crippen LogP contribution < -0.4 is 9.62 Å². The fourth-order valence-corrected chi connectivity index (χ4v) is 4.31. The van der Waals surface area contributed by atoms with E-state index in [0.717, 1.165) is 12.8 Å². The molecule has 3 aromatic rings. The third kappa shape index (κ3) is 5.15. The smallest absolute Gasteiger partial charge is 0.341 e. The average molecular weight is 468 g/mol. The molecule has 2 N–H and O–H groups in total. The van der Waals surface area contributed by atoms with Crippen molar-refractivity contribution in [1.29, 1.82) is 0 Å². The van der Waals surface area contributed by atoms with E-state index in [2.05, 4.69) is 24.7 Å². The van der Waals surface area contributed by atoms with Crippen molar-refractivity contribution in [1.82, 2.24) is 19.9 Å². The largest absolute Gasteiger partial charge is 0.389 e. The quantitative estimate of drug-likeness (QED) is 0.465. The summed E-state index contributed by atoms with van der Waals surface area (Å²) in [4.78, 5) is 28.9. The molecule has 2 aromatic heterocycles. The molecule has 0 unspecified atom stereocenters. The van der Waals surface area contributed by atoms with E-state index in [1.807, 2.05) is 0 Å². The Bertz CT molecular complexity index is 1220. The van der Waals surface area contributed by atoms with Crippen molar-refractivity contribution in [2.75, 3.05) is 15.4 Å². The van der Waals surface area contributed by atoms with E-state index in [4.69, 9.17) is 0 Å². The van der Waals surface area contributed by atoms with Gasteiger partial charge in [0.1, 0.15) is 11.2 Å². The Balaban J connectivity index is 1.55. The summed E-state index contributed by atoms with van der Waals surface area (Å²) in [5.41, 5.74) is 2.24. The van der Waals surface area contributed by atoms with E-state index in [1.54, 1.807) is 12.1 Å². The van der Waals surface area contributed by atoms with Gasteiger partial charge in [-0.2, -0.15) is 18.2 Å². The molecule has 2 heterocycles. The first kappa shape index (κ1) is 22.0. The lowest BCUT2D eigenvalue weighted by Gasteiger charge is -2.15. The lowest BCUT2D eigenvalue weighted by atomic mass is 10.1. The number of nitrogens with one attached hydrogen (secondary N) is 2. The number of anilines is 2. The van der Waals surface area contributed by atoms with Crippen LogP contribution in [0.15, 0.2) is 30.6 Å². The molecule has 1 aliphatic carbocycles. The zero-order valence-electron chi connectivity index (χ0n) is 16.6. The van der Waals surface area contributed by atoms with Crippen LogP contribution in [0.4, 0.5) is 24.8 Å². The van der Waals surface area contributed by atoms with Crippen molar-refractivity contribution in [2.24, 2.45) is 0 Å². The molecule has 0 bridgehead atoms. The Labute approximate surface area is 181 Å². The highest BCUT2D eigenvalue weighted by Crippen LogP contribution is 2.32. The highest BCUT2D eigenvalue weighted by Gasteiger charge is 2.31. The molecular weight excluding hydrogens is 449 g/mol. The van der Waals surface area contributed by atoms with Gasteiger partial charge in [0.2, 0.25) is 22.4 Å². The number of nitrogens with zero attached hydrogens (tertiary/aromatic N) is 4. The second kappa shape index (κ2) is 8.37. The first-order valence-corrected chi connectivity index (χ1v) is 11.4. The predicted octanol–water partition coefficient (Wildman–Crippen LogP) is 3.23. The number of alkyl halides is 3. The number of amides is 1. The van der Waals surface area contributed by atoms with Gasteiger partial charge in [0.25, 0.3) is 0 Å². The van der Waals surface area contributed by atoms with Gasteiger partial charge in [0.15, 0.2) is 5.65 Å². The number of fused-ring (bicyclic) bond motifs is 1. The van der Waals surface area contributed by atoms with Crippen LogP contribution in [0.3, 0.4) is 0 Å². The minimum Gasteiger partial charge on any atom is -0.341 e. The van der Waals surface area contributed by atoms with Gasteiger partial charge in [0.05, 0.1) is 12.1 Å². The minimum atomic E-state index is -4.40. The van der Waals surface area contributed by atoms with Crippen LogP contribution in [0.1, 0.15) is 25.7 Å². The molecular formula is C19H19F3N6O3S. The summed E-state index contributed by atoms with van der Waals surface area (Å²) in [6.07, 6.45) is -2.20. The van der Waals surface area contributed by atoms with E-state index in [-0.39, 0.29) is 17.7 Å². The van der Waals surface area contributed by atoms with E-state index < -0.39 is 34.8 Å². The molecule has 0 atom stereocenters. The van der Waals surface area contributed by atoms with Gasteiger partial charge in [0, 0.05) is 23.7 Å². The summed E-state index contributed by atoms with van der Waals surface area (Å²) in [7, 11) is -3.92. The van der Waals surface area contributed by atoms with Crippen molar-refractivity contribution in [3.63, 3.8) is 0 Å². The Kier molecular flexibility index (Phi) is 5.75. The molecule has 1 aromatic carbocycles. The molecule has 170 valence electrons. The van der Waals surface area contributed by atoms with Gasteiger partial charge >= 0.3 is 6.18 Å². The lowest BCUT2D eigenvalue weighted by molar-refractivity contribution is -0.134. The van der Waals surface area contributed by atoms with Crippen molar-refractivity contribution in [2.45, 2.75) is 37.9 Å². The number of carbonyl (C=O) groups is 1.